The summed E-state index contributed by atoms with van der Waals surface area (Å²) in [5.41, 5.74) is 0.814. The predicted octanol–water partition coefficient (Wildman–Crippen LogP) is 0.0594. The number of benzene rings is 1. The first-order chi connectivity index (χ1) is 10.7. The van der Waals surface area contributed by atoms with E-state index in [0.29, 0.717) is 13.1 Å². The van der Waals surface area contributed by atoms with Gasteiger partial charge in [-0.3, -0.25) is 9.69 Å². The van der Waals surface area contributed by atoms with Gasteiger partial charge in [-0.05, 0) is 31.5 Å². The molecule has 1 aromatic carbocycles. The maximum absolute atomic E-state index is 12.0. The minimum absolute atomic E-state index is 0.0591. The second kappa shape index (κ2) is 7.39. The molecular formula is C15H23N3O4S. The number of carbonyl (C=O) groups is 1. The van der Waals surface area contributed by atoms with Crippen molar-refractivity contribution in [1.29, 1.82) is 0 Å². The molecule has 0 spiro atoms. The second-order valence-corrected chi connectivity index (χ2v) is 7.48. The molecule has 1 aromatic rings. The molecule has 0 unspecified atom stereocenters. The molecule has 3 N–H and O–H groups in total. The third-order valence-electron chi connectivity index (χ3n) is 3.60. The average Bonchev–Trinajstić information content (AvgIpc) is 2.43. The van der Waals surface area contributed by atoms with Crippen molar-refractivity contribution in [3.8, 4) is 0 Å². The third kappa shape index (κ3) is 5.58. The summed E-state index contributed by atoms with van der Waals surface area (Å²) in [6, 6.07) is 6.14. The van der Waals surface area contributed by atoms with Crippen LogP contribution in [-0.2, 0) is 26.1 Å². The van der Waals surface area contributed by atoms with Crippen molar-refractivity contribution in [2.75, 3.05) is 19.6 Å². The Balaban J connectivity index is 1.82. The molecule has 0 bridgehead atoms. The van der Waals surface area contributed by atoms with E-state index in [-0.39, 0.29) is 23.0 Å². The van der Waals surface area contributed by atoms with Crippen LogP contribution in [0.1, 0.15) is 19.4 Å². The number of rotatable bonds is 5. The normalized spacial score (nSPS) is 22.7. The van der Waals surface area contributed by atoms with Gasteiger partial charge in [-0.2, -0.15) is 0 Å². The number of carbonyl (C=O) groups excluding carboxylic acids is 1. The van der Waals surface area contributed by atoms with E-state index in [9.17, 15) is 13.2 Å². The van der Waals surface area contributed by atoms with Crippen LogP contribution in [0.5, 0.6) is 0 Å². The van der Waals surface area contributed by atoms with Gasteiger partial charge in [-0.1, -0.05) is 12.1 Å². The van der Waals surface area contributed by atoms with Gasteiger partial charge < -0.3 is 10.1 Å². The minimum atomic E-state index is -3.69. The van der Waals surface area contributed by atoms with E-state index < -0.39 is 10.0 Å². The number of nitrogens with one attached hydrogen (secondary N) is 1. The van der Waals surface area contributed by atoms with E-state index in [1.54, 1.807) is 12.1 Å². The molecule has 1 aliphatic heterocycles. The first-order valence-electron chi connectivity index (χ1n) is 7.50. The van der Waals surface area contributed by atoms with Gasteiger partial charge in [0.1, 0.15) is 0 Å². The summed E-state index contributed by atoms with van der Waals surface area (Å²) >= 11 is 0. The fourth-order valence-corrected chi connectivity index (χ4v) is 3.19. The van der Waals surface area contributed by atoms with Crippen molar-refractivity contribution in [2.24, 2.45) is 5.14 Å². The lowest BCUT2D eigenvalue weighted by molar-refractivity contribution is -0.126. The zero-order valence-corrected chi connectivity index (χ0v) is 14.2. The number of amides is 1. The van der Waals surface area contributed by atoms with Crippen molar-refractivity contribution >= 4 is 15.9 Å². The average molecular weight is 341 g/mol. The summed E-state index contributed by atoms with van der Waals surface area (Å²) in [5.74, 6) is -0.0678. The lowest BCUT2D eigenvalue weighted by Crippen LogP contribution is -2.49. The molecule has 1 heterocycles. The quantitative estimate of drug-likeness (QED) is 0.788. The highest BCUT2D eigenvalue weighted by atomic mass is 32.2. The van der Waals surface area contributed by atoms with Gasteiger partial charge >= 0.3 is 0 Å². The first-order valence-corrected chi connectivity index (χ1v) is 9.05. The van der Waals surface area contributed by atoms with E-state index >= 15 is 0 Å². The predicted molar refractivity (Wildman–Crippen MR) is 86.1 cm³/mol. The Bertz CT molecular complexity index is 635. The molecule has 1 saturated heterocycles. The maximum Gasteiger partial charge on any atom is 0.238 e. The topological polar surface area (TPSA) is 102 Å². The monoisotopic (exact) mass is 341 g/mol. The van der Waals surface area contributed by atoms with Gasteiger partial charge in [-0.15, -0.1) is 0 Å². The van der Waals surface area contributed by atoms with Gasteiger partial charge in [0.25, 0.3) is 0 Å². The van der Waals surface area contributed by atoms with Crippen LogP contribution in [0.25, 0.3) is 0 Å². The van der Waals surface area contributed by atoms with Crippen LogP contribution in [0.4, 0.5) is 0 Å². The highest BCUT2D eigenvalue weighted by molar-refractivity contribution is 7.89. The number of sulfonamides is 1. The molecular weight excluding hydrogens is 318 g/mol. The maximum atomic E-state index is 12.0. The molecule has 1 amide bonds. The zero-order chi connectivity index (χ0) is 17.0. The Labute approximate surface area is 136 Å². The molecule has 8 heteroatoms. The van der Waals surface area contributed by atoms with Crippen LogP contribution in [0.15, 0.2) is 29.2 Å². The molecule has 23 heavy (non-hydrogen) atoms. The van der Waals surface area contributed by atoms with Gasteiger partial charge in [-0.25, -0.2) is 13.6 Å². The SMILES string of the molecule is C[C@@H]1CN(CC(=O)NCc2ccc(S(N)(=O)=O)cc2)C[C@@H](C)O1. The smallest absolute Gasteiger partial charge is 0.238 e. The molecule has 128 valence electrons. The number of morpholine rings is 1. The minimum Gasteiger partial charge on any atom is -0.373 e. The molecule has 1 fully saturated rings. The van der Waals surface area contributed by atoms with Crippen LogP contribution in [-0.4, -0.2) is 51.1 Å². The fraction of sp³-hybridized carbons (Fsp3) is 0.533. The van der Waals surface area contributed by atoms with Crippen LogP contribution < -0.4 is 10.5 Å². The summed E-state index contributed by atoms with van der Waals surface area (Å²) in [7, 11) is -3.69. The molecule has 2 rings (SSSR count). The Morgan fingerprint density at radius 3 is 2.35 bits per heavy atom. The van der Waals surface area contributed by atoms with Gasteiger partial charge in [0, 0.05) is 19.6 Å². The number of nitrogens with zero attached hydrogens (tertiary/aromatic N) is 1. The Morgan fingerprint density at radius 2 is 1.83 bits per heavy atom. The van der Waals surface area contributed by atoms with Crippen molar-refractivity contribution < 1.29 is 17.9 Å². The first kappa shape index (κ1) is 17.9. The van der Waals surface area contributed by atoms with Crippen molar-refractivity contribution in [2.45, 2.75) is 37.5 Å². The van der Waals surface area contributed by atoms with E-state index in [1.165, 1.54) is 12.1 Å². The Morgan fingerprint density at radius 1 is 1.26 bits per heavy atom. The number of ether oxygens (including phenoxy) is 1. The van der Waals surface area contributed by atoms with Crippen molar-refractivity contribution in [3.63, 3.8) is 0 Å². The lowest BCUT2D eigenvalue weighted by Gasteiger charge is -2.34. The molecule has 0 aromatic heterocycles. The number of nitrogens with two attached hydrogens (primary N) is 1. The zero-order valence-electron chi connectivity index (χ0n) is 13.4. The largest absolute Gasteiger partial charge is 0.373 e. The molecule has 0 radical (unpaired) electrons. The lowest BCUT2D eigenvalue weighted by atomic mass is 10.2. The number of primary sulfonamides is 1. The summed E-state index contributed by atoms with van der Waals surface area (Å²) in [6.45, 7) is 6.13. The molecule has 1 aliphatic rings. The number of hydrogen-bond donors (Lipinski definition) is 2. The van der Waals surface area contributed by atoms with E-state index in [2.05, 4.69) is 10.2 Å². The van der Waals surface area contributed by atoms with Gasteiger partial charge in [0.2, 0.25) is 15.9 Å². The highest BCUT2D eigenvalue weighted by Gasteiger charge is 2.23. The summed E-state index contributed by atoms with van der Waals surface area (Å²) in [6.07, 6.45) is 0.245. The summed E-state index contributed by atoms with van der Waals surface area (Å²) < 4.78 is 28.0. The van der Waals surface area contributed by atoms with Crippen LogP contribution in [0.3, 0.4) is 0 Å². The Kier molecular flexibility index (Phi) is 5.74. The molecule has 0 aliphatic carbocycles. The fourth-order valence-electron chi connectivity index (χ4n) is 2.67. The molecule has 0 saturated carbocycles. The summed E-state index contributed by atoms with van der Waals surface area (Å²) in [4.78, 5) is 14.1. The van der Waals surface area contributed by atoms with E-state index in [4.69, 9.17) is 9.88 Å². The van der Waals surface area contributed by atoms with Gasteiger partial charge in [0.15, 0.2) is 0 Å². The molecule has 2 atom stereocenters. The second-order valence-electron chi connectivity index (χ2n) is 5.92. The standard InChI is InChI=1S/C15H23N3O4S/c1-11-8-18(9-12(2)22-11)10-15(19)17-7-13-3-5-14(6-4-13)23(16,20)21/h3-6,11-12H,7-10H2,1-2H3,(H,17,19)(H2,16,20,21)/t11-,12-/m1/s1. The highest BCUT2D eigenvalue weighted by Crippen LogP contribution is 2.10. The van der Waals surface area contributed by atoms with Gasteiger partial charge in [0.05, 0.1) is 23.6 Å². The van der Waals surface area contributed by atoms with Crippen LogP contribution >= 0.6 is 0 Å². The van der Waals surface area contributed by atoms with Crippen molar-refractivity contribution in [3.05, 3.63) is 29.8 Å². The van der Waals surface area contributed by atoms with E-state index in [1.807, 2.05) is 13.8 Å². The van der Waals surface area contributed by atoms with E-state index in [0.717, 1.165) is 18.7 Å². The van der Waals surface area contributed by atoms with Crippen molar-refractivity contribution in [1.82, 2.24) is 10.2 Å². The summed E-state index contributed by atoms with van der Waals surface area (Å²) in [5, 5.41) is 7.87. The van der Waals surface area contributed by atoms with Crippen LogP contribution in [0, 0.1) is 0 Å². The Hall–Kier alpha value is -1.48. The van der Waals surface area contributed by atoms with Crippen LogP contribution in [0.2, 0.25) is 0 Å². The number of hydrogen-bond acceptors (Lipinski definition) is 5. The third-order valence-corrected chi connectivity index (χ3v) is 4.53. The molecule has 7 nitrogen and oxygen atoms in total.